The molecule has 5 heteroatoms. The normalized spacial score (nSPS) is 12.0. The van der Waals surface area contributed by atoms with Gasteiger partial charge in [-0.3, -0.25) is 9.59 Å². The van der Waals surface area contributed by atoms with Crippen molar-refractivity contribution in [2.45, 2.75) is 136 Å². The second kappa shape index (κ2) is 23.6. The summed E-state index contributed by atoms with van der Waals surface area (Å²) in [7, 11) is 0. The predicted octanol–water partition coefficient (Wildman–Crippen LogP) is 6.72. The number of hydrogen-bond acceptors (Lipinski definition) is 5. The smallest absolute Gasteiger partial charge is 0.323 e. The van der Waals surface area contributed by atoms with E-state index in [4.69, 9.17) is 9.47 Å². The number of ether oxygens (including phenoxy) is 2. The van der Waals surface area contributed by atoms with E-state index in [-0.39, 0.29) is 18.4 Å². The van der Waals surface area contributed by atoms with Crippen molar-refractivity contribution >= 4 is 11.9 Å². The first-order chi connectivity index (χ1) is 15.2. The molecular formula is C26H51NO4. The largest absolute Gasteiger partial charge is 0.466 e. The second-order valence-electron chi connectivity index (χ2n) is 8.57. The lowest BCUT2D eigenvalue weighted by Gasteiger charge is -2.16. The van der Waals surface area contributed by atoms with Crippen LogP contribution in [0, 0.1) is 0 Å². The van der Waals surface area contributed by atoms with E-state index in [1.165, 1.54) is 89.9 Å². The van der Waals surface area contributed by atoms with Crippen LogP contribution in [0.4, 0.5) is 0 Å². The van der Waals surface area contributed by atoms with Crippen molar-refractivity contribution in [3.63, 3.8) is 0 Å². The number of hydrogen-bond donors (Lipinski definition) is 1. The maximum Gasteiger partial charge on any atom is 0.323 e. The minimum Gasteiger partial charge on any atom is -0.466 e. The van der Waals surface area contributed by atoms with Gasteiger partial charge in [0.15, 0.2) is 0 Å². The highest BCUT2D eigenvalue weighted by atomic mass is 16.5. The molecule has 0 aromatic heterocycles. The van der Waals surface area contributed by atoms with Gasteiger partial charge in [-0.15, -0.1) is 0 Å². The average molecular weight is 442 g/mol. The van der Waals surface area contributed by atoms with Crippen LogP contribution >= 0.6 is 0 Å². The Morgan fingerprint density at radius 2 is 1.03 bits per heavy atom. The summed E-state index contributed by atoms with van der Waals surface area (Å²) < 4.78 is 10.0. The molecule has 0 aromatic rings. The predicted molar refractivity (Wildman–Crippen MR) is 129 cm³/mol. The van der Waals surface area contributed by atoms with Gasteiger partial charge in [0, 0.05) is 0 Å². The highest BCUT2D eigenvalue weighted by Gasteiger charge is 2.23. The number of esters is 2. The summed E-state index contributed by atoms with van der Waals surface area (Å²) in [5.74, 6) is -0.730. The fraction of sp³-hybridized carbons (Fsp3) is 0.923. The summed E-state index contributed by atoms with van der Waals surface area (Å²) >= 11 is 0. The molecule has 5 nitrogen and oxygen atoms in total. The molecule has 0 heterocycles. The Bertz CT molecular complexity index is 414. The highest BCUT2D eigenvalue weighted by Crippen LogP contribution is 2.13. The van der Waals surface area contributed by atoms with Gasteiger partial charge in [0.2, 0.25) is 0 Å². The van der Waals surface area contributed by atoms with E-state index in [1.54, 1.807) is 13.8 Å². The van der Waals surface area contributed by atoms with Gasteiger partial charge in [-0.2, -0.15) is 0 Å². The number of unbranched alkanes of at least 4 members (excludes halogenated alkanes) is 15. The Kier molecular flexibility index (Phi) is 22.7. The van der Waals surface area contributed by atoms with Crippen LogP contribution < -0.4 is 5.32 Å². The summed E-state index contributed by atoms with van der Waals surface area (Å²) in [6, 6.07) is -0.602. The molecule has 0 spiro atoms. The van der Waals surface area contributed by atoms with E-state index in [0.29, 0.717) is 13.2 Å². The minimum absolute atomic E-state index is 0.0333. The van der Waals surface area contributed by atoms with Gasteiger partial charge in [-0.05, 0) is 26.8 Å². The van der Waals surface area contributed by atoms with E-state index >= 15 is 0 Å². The van der Waals surface area contributed by atoms with E-state index in [9.17, 15) is 9.59 Å². The monoisotopic (exact) mass is 441 g/mol. The van der Waals surface area contributed by atoms with Crippen molar-refractivity contribution in [2.75, 3.05) is 19.8 Å². The Morgan fingerprint density at radius 3 is 1.45 bits per heavy atom. The summed E-state index contributed by atoms with van der Waals surface area (Å²) in [4.78, 5) is 23.7. The van der Waals surface area contributed by atoms with Crippen LogP contribution in [0.3, 0.4) is 0 Å². The molecule has 31 heavy (non-hydrogen) atoms. The summed E-state index contributed by atoms with van der Waals surface area (Å²) in [5, 5.41) is 3.17. The van der Waals surface area contributed by atoms with Crippen LogP contribution in [0.1, 0.15) is 130 Å². The minimum atomic E-state index is -0.602. The van der Waals surface area contributed by atoms with Gasteiger partial charge >= 0.3 is 11.9 Å². The first-order valence-electron chi connectivity index (χ1n) is 13.2. The molecule has 0 saturated heterocycles. The second-order valence-corrected chi connectivity index (χ2v) is 8.57. The van der Waals surface area contributed by atoms with Crippen molar-refractivity contribution in [1.29, 1.82) is 0 Å². The molecule has 0 aromatic carbocycles. The Balaban J connectivity index is 3.53. The van der Waals surface area contributed by atoms with Crippen LogP contribution in [-0.4, -0.2) is 37.7 Å². The molecule has 0 bridgehead atoms. The van der Waals surface area contributed by atoms with Gasteiger partial charge in [0.1, 0.15) is 6.04 Å². The zero-order chi connectivity index (χ0) is 23.0. The van der Waals surface area contributed by atoms with Crippen LogP contribution in [0.5, 0.6) is 0 Å². The first kappa shape index (κ1) is 29.9. The van der Waals surface area contributed by atoms with Crippen LogP contribution in [0.15, 0.2) is 0 Å². The quantitative estimate of drug-likeness (QED) is 0.141. The van der Waals surface area contributed by atoms with Crippen LogP contribution in [0.25, 0.3) is 0 Å². The molecular weight excluding hydrogens is 390 g/mol. The summed E-state index contributed by atoms with van der Waals surface area (Å²) in [5.41, 5.74) is 0. The summed E-state index contributed by atoms with van der Waals surface area (Å²) in [6.07, 6.45) is 21.5. The number of nitrogens with one attached hydrogen (secondary N) is 1. The standard InChI is InChI=1S/C26H51NO4/c1-4-7-8-9-10-11-12-13-14-15-16-17-18-19-20-21-22-27-24(26(29)31-6-3)23-25(28)30-5-2/h24,27H,4-23H2,1-3H3/t24-/m0/s1. The SMILES string of the molecule is CCCCCCCCCCCCCCCCCCN[C@@H](CC(=O)OCC)C(=O)OCC. The molecule has 0 amide bonds. The molecule has 0 fully saturated rings. The molecule has 0 rings (SSSR count). The molecule has 0 aliphatic rings. The van der Waals surface area contributed by atoms with Crippen molar-refractivity contribution in [3.05, 3.63) is 0 Å². The molecule has 1 atom stereocenters. The summed E-state index contributed by atoms with van der Waals surface area (Å²) in [6.45, 7) is 7.18. The van der Waals surface area contributed by atoms with Crippen LogP contribution in [0.2, 0.25) is 0 Å². The lowest BCUT2D eigenvalue weighted by Crippen LogP contribution is -2.40. The molecule has 0 unspecified atom stereocenters. The zero-order valence-electron chi connectivity index (χ0n) is 20.9. The van der Waals surface area contributed by atoms with Gasteiger partial charge in [0.25, 0.3) is 0 Å². The molecule has 1 N–H and O–H groups in total. The lowest BCUT2D eigenvalue weighted by atomic mass is 10.0. The van der Waals surface area contributed by atoms with E-state index < -0.39 is 6.04 Å². The first-order valence-corrected chi connectivity index (χ1v) is 13.2. The topological polar surface area (TPSA) is 64.6 Å². The fourth-order valence-electron chi connectivity index (χ4n) is 3.82. The maximum absolute atomic E-state index is 12.0. The average Bonchev–Trinajstić information content (AvgIpc) is 2.75. The third kappa shape index (κ3) is 20.6. The Morgan fingerprint density at radius 1 is 0.613 bits per heavy atom. The maximum atomic E-state index is 12.0. The van der Waals surface area contributed by atoms with Gasteiger partial charge in [-0.25, -0.2) is 0 Å². The molecule has 0 aliphatic heterocycles. The van der Waals surface area contributed by atoms with E-state index in [2.05, 4.69) is 12.2 Å². The third-order valence-electron chi connectivity index (χ3n) is 5.67. The zero-order valence-corrected chi connectivity index (χ0v) is 20.9. The van der Waals surface area contributed by atoms with E-state index in [0.717, 1.165) is 19.4 Å². The number of carbonyl (C=O) groups excluding carboxylic acids is 2. The highest BCUT2D eigenvalue weighted by molar-refractivity contribution is 5.82. The molecule has 0 radical (unpaired) electrons. The van der Waals surface area contributed by atoms with Gasteiger partial charge in [-0.1, -0.05) is 103 Å². The van der Waals surface area contributed by atoms with Crippen molar-refractivity contribution in [1.82, 2.24) is 5.32 Å². The number of rotatable bonds is 23. The van der Waals surface area contributed by atoms with Crippen LogP contribution in [-0.2, 0) is 19.1 Å². The fourth-order valence-corrected chi connectivity index (χ4v) is 3.82. The lowest BCUT2D eigenvalue weighted by molar-refractivity contribution is -0.152. The van der Waals surface area contributed by atoms with Crippen molar-refractivity contribution in [2.24, 2.45) is 0 Å². The van der Waals surface area contributed by atoms with E-state index in [1.807, 2.05) is 0 Å². The number of carbonyl (C=O) groups is 2. The Labute approximate surface area is 192 Å². The molecule has 0 saturated carbocycles. The van der Waals surface area contributed by atoms with Gasteiger partial charge in [0.05, 0.1) is 19.6 Å². The molecule has 184 valence electrons. The third-order valence-corrected chi connectivity index (χ3v) is 5.67. The van der Waals surface area contributed by atoms with Crippen molar-refractivity contribution < 1.29 is 19.1 Å². The Hall–Kier alpha value is -1.10. The van der Waals surface area contributed by atoms with Crippen molar-refractivity contribution in [3.8, 4) is 0 Å². The van der Waals surface area contributed by atoms with Gasteiger partial charge < -0.3 is 14.8 Å². The molecule has 0 aliphatic carbocycles.